The Morgan fingerprint density at radius 3 is 2.79 bits per heavy atom. The van der Waals surface area contributed by atoms with Crippen LogP contribution >= 0.6 is 11.3 Å². The number of hydrogen-bond donors (Lipinski definition) is 1. The lowest BCUT2D eigenvalue weighted by molar-refractivity contribution is -0.117. The van der Waals surface area contributed by atoms with E-state index in [0.29, 0.717) is 26.1 Å². The van der Waals surface area contributed by atoms with Crippen LogP contribution in [0.2, 0.25) is 0 Å². The van der Waals surface area contributed by atoms with Crippen LogP contribution in [0.1, 0.15) is 0 Å². The lowest BCUT2D eigenvalue weighted by Crippen LogP contribution is -2.29. The molecular formula is C18H14N4O4S2. The van der Waals surface area contributed by atoms with E-state index in [1.807, 2.05) is 6.07 Å². The van der Waals surface area contributed by atoms with Crippen molar-refractivity contribution in [3.8, 4) is 0 Å². The first-order valence-corrected chi connectivity index (χ1v) is 10.9. The maximum atomic E-state index is 12.4. The van der Waals surface area contributed by atoms with Gasteiger partial charge in [-0.15, -0.1) is 0 Å². The van der Waals surface area contributed by atoms with Gasteiger partial charge in [-0.25, -0.2) is 18.1 Å². The number of nitrogens with one attached hydrogen (secondary N) is 1. The van der Waals surface area contributed by atoms with Gasteiger partial charge in [0.25, 0.3) is 5.56 Å². The Bertz CT molecular complexity index is 1390. The first-order chi connectivity index (χ1) is 13.3. The number of nitrogens with zero attached hydrogens (tertiary/aromatic N) is 3. The molecule has 28 heavy (non-hydrogen) atoms. The molecule has 0 aliphatic rings. The Morgan fingerprint density at radius 1 is 1.21 bits per heavy atom. The number of carbonyl (C=O) groups excluding carboxylic acids is 1. The molecule has 8 nitrogen and oxygen atoms in total. The molecule has 2 heterocycles. The third-order valence-electron chi connectivity index (χ3n) is 4.09. The normalized spacial score (nSPS) is 11.8. The summed E-state index contributed by atoms with van der Waals surface area (Å²) < 4.78 is 25.1. The molecule has 2 aromatic carbocycles. The molecule has 0 fully saturated rings. The molecule has 4 rings (SSSR count). The van der Waals surface area contributed by atoms with E-state index in [-0.39, 0.29) is 17.0 Å². The van der Waals surface area contributed by atoms with Gasteiger partial charge in [-0.05, 0) is 24.3 Å². The molecule has 4 aromatic rings. The van der Waals surface area contributed by atoms with Gasteiger partial charge in [0.15, 0.2) is 15.0 Å². The van der Waals surface area contributed by atoms with Gasteiger partial charge in [0.2, 0.25) is 5.91 Å². The first-order valence-electron chi connectivity index (χ1n) is 8.17. The van der Waals surface area contributed by atoms with Gasteiger partial charge in [-0.3, -0.25) is 9.59 Å². The van der Waals surface area contributed by atoms with Crippen molar-refractivity contribution in [2.45, 2.75) is 11.4 Å². The van der Waals surface area contributed by atoms with E-state index < -0.39 is 15.7 Å². The summed E-state index contributed by atoms with van der Waals surface area (Å²) in [6.07, 6.45) is 2.67. The second-order valence-electron chi connectivity index (χ2n) is 6.16. The maximum Gasteiger partial charge on any atom is 0.275 e. The summed E-state index contributed by atoms with van der Waals surface area (Å²) in [5.74, 6) is -0.452. The highest BCUT2D eigenvalue weighted by atomic mass is 32.2. The molecule has 0 spiro atoms. The van der Waals surface area contributed by atoms with Crippen LogP contribution in [-0.2, 0) is 21.2 Å². The van der Waals surface area contributed by atoms with Crippen molar-refractivity contribution in [1.29, 1.82) is 0 Å². The molecule has 0 aliphatic heterocycles. The van der Waals surface area contributed by atoms with Crippen LogP contribution in [0.4, 0.5) is 5.13 Å². The SMILES string of the molecule is CS(=O)(=O)c1ccc2nc(NC(=O)Cn3ncc4ccccc4c3=O)sc2c1. The zero-order valence-electron chi connectivity index (χ0n) is 14.6. The second-order valence-corrected chi connectivity index (χ2v) is 9.21. The average molecular weight is 414 g/mol. The number of hydrogen-bond acceptors (Lipinski definition) is 7. The summed E-state index contributed by atoms with van der Waals surface area (Å²) in [5, 5.41) is 8.17. The van der Waals surface area contributed by atoms with E-state index in [0.717, 1.165) is 22.3 Å². The Labute approximate surface area is 163 Å². The Kier molecular flexibility index (Phi) is 4.44. The number of aromatic nitrogens is 3. The first kappa shape index (κ1) is 18.3. The molecule has 1 amide bonds. The molecule has 0 saturated heterocycles. The second kappa shape index (κ2) is 6.80. The topological polar surface area (TPSA) is 111 Å². The number of anilines is 1. The van der Waals surface area contributed by atoms with Gasteiger partial charge in [-0.2, -0.15) is 5.10 Å². The average Bonchev–Trinajstić information content (AvgIpc) is 3.04. The van der Waals surface area contributed by atoms with Crippen LogP contribution in [0.15, 0.2) is 58.4 Å². The number of amides is 1. The minimum atomic E-state index is -3.33. The van der Waals surface area contributed by atoms with Gasteiger partial charge in [0.05, 0.1) is 26.7 Å². The number of carbonyl (C=O) groups is 1. The number of benzene rings is 2. The van der Waals surface area contributed by atoms with E-state index in [1.165, 1.54) is 18.3 Å². The summed E-state index contributed by atoms with van der Waals surface area (Å²) in [6.45, 7) is -0.256. The van der Waals surface area contributed by atoms with Crippen molar-refractivity contribution >= 4 is 53.2 Å². The van der Waals surface area contributed by atoms with Gasteiger partial charge in [0, 0.05) is 11.6 Å². The van der Waals surface area contributed by atoms with Crippen molar-refractivity contribution < 1.29 is 13.2 Å². The molecule has 0 unspecified atom stereocenters. The fraction of sp³-hybridized carbons (Fsp3) is 0.111. The fourth-order valence-corrected chi connectivity index (χ4v) is 4.37. The summed E-state index contributed by atoms with van der Waals surface area (Å²) in [4.78, 5) is 29.2. The molecule has 1 N–H and O–H groups in total. The van der Waals surface area contributed by atoms with Crippen LogP contribution in [-0.4, -0.2) is 35.3 Å². The van der Waals surface area contributed by atoms with Crippen LogP contribution < -0.4 is 10.9 Å². The zero-order chi connectivity index (χ0) is 19.9. The van der Waals surface area contributed by atoms with Crippen molar-refractivity contribution in [1.82, 2.24) is 14.8 Å². The van der Waals surface area contributed by atoms with Crippen molar-refractivity contribution in [2.75, 3.05) is 11.6 Å². The van der Waals surface area contributed by atoms with E-state index in [1.54, 1.807) is 24.3 Å². The van der Waals surface area contributed by atoms with E-state index in [4.69, 9.17) is 0 Å². The molecular weight excluding hydrogens is 400 g/mol. The van der Waals surface area contributed by atoms with E-state index in [9.17, 15) is 18.0 Å². The third-order valence-corrected chi connectivity index (χ3v) is 6.13. The standard InChI is InChI=1S/C18H14N4O4S2/c1-28(25,26)12-6-7-14-15(8-12)27-18(20-14)21-16(23)10-22-17(24)13-5-3-2-4-11(13)9-19-22/h2-9H,10H2,1H3,(H,20,21,23). The van der Waals surface area contributed by atoms with Gasteiger partial charge >= 0.3 is 0 Å². The molecule has 142 valence electrons. The highest BCUT2D eigenvalue weighted by Gasteiger charge is 2.13. The van der Waals surface area contributed by atoms with Crippen LogP contribution in [0.25, 0.3) is 21.0 Å². The lowest BCUT2D eigenvalue weighted by atomic mass is 10.2. The quantitative estimate of drug-likeness (QED) is 0.547. The minimum absolute atomic E-state index is 0.188. The molecule has 0 atom stereocenters. The molecule has 0 radical (unpaired) electrons. The highest BCUT2D eigenvalue weighted by Crippen LogP contribution is 2.28. The Hall–Kier alpha value is -3.11. The number of fused-ring (bicyclic) bond motifs is 2. The summed E-state index contributed by atoms with van der Waals surface area (Å²) in [6, 6.07) is 11.6. The van der Waals surface area contributed by atoms with E-state index in [2.05, 4.69) is 15.4 Å². The molecule has 2 aromatic heterocycles. The van der Waals surface area contributed by atoms with Gasteiger partial charge in [0.1, 0.15) is 6.54 Å². The molecule has 0 saturated carbocycles. The lowest BCUT2D eigenvalue weighted by Gasteiger charge is -2.05. The molecule has 0 aliphatic carbocycles. The Balaban J connectivity index is 1.57. The van der Waals surface area contributed by atoms with Crippen LogP contribution in [0, 0.1) is 0 Å². The maximum absolute atomic E-state index is 12.4. The predicted octanol–water partition coefficient (Wildman–Crippen LogP) is 2.05. The smallest absolute Gasteiger partial charge is 0.275 e. The summed E-state index contributed by atoms with van der Waals surface area (Å²) in [5.41, 5.74) is 0.226. The fourth-order valence-electron chi connectivity index (χ4n) is 2.72. The van der Waals surface area contributed by atoms with E-state index >= 15 is 0 Å². The third kappa shape index (κ3) is 3.51. The Morgan fingerprint density at radius 2 is 2.00 bits per heavy atom. The van der Waals surface area contributed by atoms with Crippen molar-refractivity contribution in [3.63, 3.8) is 0 Å². The molecule has 10 heteroatoms. The zero-order valence-corrected chi connectivity index (χ0v) is 16.3. The molecule has 0 bridgehead atoms. The van der Waals surface area contributed by atoms with Crippen molar-refractivity contribution in [2.24, 2.45) is 0 Å². The number of sulfone groups is 1. The summed E-state index contributed by atoms with van der Waals surface area (Å²) >= 11 is 1.16. The number of rotatable bonds is 4. The van der Waals surface area contributed by atoms with Crippen LogP contribution in [0.3, 0.4) is 0 Å². The van der Waals surface area contributed by atoms with Gasteiger partial charge < -0.3 is 5.32 Å². The predicted molar refractivity (Wildman–Crippen MR) is 107 cm³/mol. The minimum Gasteiger partial charge on any atom is -0.300 e. The van der Waals surface area contributed by atoms with Crippen molar-refractivity contribution in [3.05, 3.63) is 59.0 Å². The van der Waals surface area contributed by atoms with Crippen LogP contribution in [0.5, 0.6) is 0 Å². The van der Waals surface area contributed by atoms with Gasteiger partial charge in [-0.1, -0.05) is 29.5 Å². The summed E-state index contributed by atoms with van der Waals surface area (Å²) in [7, 11) is -3.33. The monoisotopic (exact) mass is 414 g/mol. The highest BCUT2D eigenvalue weighted by molar-refractivity contribution is 7.90. The largest absolute Gasteiger partial charge is 0.300 e. The number of thiazole rings is 1.